The first-order chi connectivity index (χ1) is 63.1. The van der Waals surface area contributed by atoms with E-state index in [1.54, 1.807) is 0 Å². The molecule has 0 aliphatic carbocycles. The van der Waals surface area contributed by atoms with Crippen LogP contribution in [0.15, 0.2) is 0 Å². The molecule has 3 saturated heterocycles. The van der Waals surface area contributed by atoms with Gasteiger partial charge in [0.2, 0.25) is 78.0 Å². The van der Waals surface area contributed by atoms with E-state index in [2.05, 4.69) is 61.7 Å². The van der Waals surface area contributed by atoms with E-state index in [0.29, 0.717) is 70.1 Å². The molecule has 9 N–H and O–H groups in total. The van der Waals surface area contributed by atoms with Crippen LogP contribution in [0.3, 0.4) is 0 Å². The Morgan fingerprint density at radius 1 is 0.286 bits per heavy atom. The van der Waals surface area contributed by atoms with Crippen LogP contribution < -0.4 is 47.9 Å². The molecule has 3 rings (SSSR count). The maximum atomic E-state index is 14.0. The van der Waals surface area contributed by atoms with Gasteiger partial charge in [0.15, 0.2) is 43.3 Å². The van der Waals surface area contributed by atoms with Crippen LogP contribution in [0.5, 0.6) is 0 Å². The minimum absolute atomic E-state index is 0.00431. The molecule has 46 nitrogen and oxygen atoms in total. The Kier molecular flexibility index (Phi) is 57.5. The summed E-state index contributed by atoms with van der Waals surface area (Å²) < 4.78 is 102. The molecule has 9 amide bonds. The number of ketones is 1. The van der Waals surface area contributed by atoms with Gasteiger partial charge in [-0.15, -0.1) is 0 Å². The van der Waals surface area contributed by atoms with Gasteiger partial charge >= 0.3 is 53.7 Å². The molecule has 0 unspecified atom stereocenters. The molecular weight excluding hydrogens is 1760 g/mol. The standard InChI is InChI=1S/C87H141N9O37/c1-52(2)27-16-15-17-28-65(109)47-87(50-117-45-33-71(114)92-39-25-36-89-68(111)30-19-22-42-120-83-74(95-54(4)98)78(125-59(9)103)80(127-61(11)105)85(132-83)129-63(13)107,51-118-46-34-72(115)93-40-26-37-90-69(112)31-20-23-43-121-84-75(96-55(5)99)79(126-60(10)104)81(128-62(12)106)86(133-84)130-64(14)108)49-116-44-32-70(113)91-38-24-35-88-67(110)29-18-21-41-119-82-73(94-53(3)97)77(124-58(8)102)76(123-57(7)101)66(131-82)48-122-56(6)100/h52,66,73-86H,15-51H2,1-14H3,(H,88,110)(H,89,111)(H,90,112)(H,91,113)(H,92,114)(H,93,115)(H,94,97)(H,95,98)(H,96,99)/t66-,73-,74-,75-,76+,77-,78-,79-,80-,81-,82-,83-,84-,85+,86+/m1/s1. The van der Waals surface area contributed by atoms with E-state index in [1.165, 1.54) is 20.8 Å². The van der Waals surface area contributed by atoms with E-state index in [1.807, 2.05) is 0 Å². The van der Waals surface area contributed by atoms with Crippen LogP contribution in [0, 0.1) is 11.3 Å². The number of Topliss-reactive ketones (excluding diaryl/α,β-unsaturated/α-hetero) is 1. The molecule has 3 aliphatic rings. The predicted octanol–water partition coefficient (Wildman–Crippen LogP) is 1.07. The molecule has 756 valence electrons. The Morgan fingerprint density at radius 2 is 0.571 bits per heavy atom. The van der Waals surface area contributed by atoms with Gasteiger partial charge in [-0.05, 0) is 70.1 Å². The van der Waals surface area contributed by atoms with E-state index in [0.717, 1.165) is 81.6 Å². The van der Waals surface area contributed by atoms with Crippen molar-refractivity contribution in [1.29, 1.82) is 0 Å². The van der Waals surface area contributed by atoms with Crippen LogP contribution in [0.25, 0.3) is 0 Å². The van der Waals surface area contributed by atoms with Gasteiger partial charge in [0.1, 0.15) is 36.6 Å². The van der Waals surface area contributed by atoms with Crippen LogP contribution >= 0.6 is 0 Å². The Bertz CT molecular complexity index is 3580. The monoisotopic (exact) mass is 1900 g/mol. The summed E-state index contributed by atoms with van der Waals surface area (Å²) >= 11 is 0. The lowest BCUT2D eigenvalue weighted by Gasteiger charge is -2.44. The van der Waals surface area contributed by atoms with Gasteiger partial charge in [-0.3, -0.25) is 91.1 Å². The average Bonchev–Trinajstić information content (AvgIpc) is 0.793. The number of rotatable bonds is 66. The quantitative estimate of drug-likeness (QED) is 0.0234. The first-order valence-corrected chi connectivity index (χ1v) is 45.1. The lowest BCUT2D eigenvalue weighted by Crippen LogP contribution is -2.66. The predicted molar refractivity (Wildman–Crippen MR) is 460 cm³/mol. The third kappa shape index (κ3) is 51.7. The summed E-state index contributed by atoms with van der Waals surface area (Å²) in [6.07, 6.45) is -10.4. The van der Waals surface area contributed by atoms with E-state index in [4.69, 9.17) is 85.3 Å². The number of ether oxygens (including phenoxy) is 18. The normalized spacial score (nSPS) is 21.4. The van der Waals surface area contributed by atoms with Gasteiger partial charge in [-0.25, -0.2) is 0 Å². The van der Waals surface area contributed by atoms with Crippen LogP contribution in [0.1, 0.15) is 232 Å². The minimum atomic E-state index is -1.58. The molecule has 3 heterocycles. The number of amides is 9. The minimum Gasteiger partial charge on any atom is -0.463 e. The zero-order valence-corrected chi connectivity index (χ0v) is 79.0. The maximum absolute atomic E-state index is 14.0. The Hall–Kier alpha value is -10.2. The van der Waals surface area contributed by atoms with Gasteiger partial charge in [0, 0.05) is 199 Å². The molecule has 0 aromatic rings. The summed E-state index contributed by atoms with van der Waals surface area (Å²) in [5, 5.41) is 24.6. The fourth-order valence-electron chi connectivity index (χ4n) is 14.0. The lowest BCUT2D eigenvalue weighted by atomic mass is 9.83. The molecule has 3 fully saturated rings. The highest BCUT2D eigenvalue weighted by atomic mass is 16.8. The largest absolute Gasteiger partial charge is 0.463 e. The van der Waals surface area contributed by atoms with E-state index < -0.39 is 176 Å². The van der Waals surface area contributed by atoms with E-state index in [-0.39, 0.29) is 191 Å². The lowest BCUT2D eigenvalue weighted by molar-refractivity contribution is -0.321. The second-order valence-electron chi connectivity index (χ2n) is 32.7. The molecule has 0 aromatic heterocycles. The van der Waals surface area contributed by atoms with Crippen LogP contribution in [-0.2, 0) is 176 Å². The zero-order chi connectivity index (χ0) is 99.0. The number of carbonyl (C=O) groups is 19. The van der Waals surface area contributed by atoms with Crippen LogP contribution in [-0.4, -0.2) is 310 Å². The van der Waals surface area contributed by atoms with Crippen molar-refractivity contribution in [1.82, 2.24) is 47.9 Å². The SMILES string of the molecule is CC(=O)N[C@H]1[C@H](OCCCCC(=O)NCCCNC(=O)CCOCC(COCCC(=O)NCCCNC(=O)CCCCO[C@@H]2O[C@H](OC(C)=O)[C@H](OC(C)=O)[C@H](OC(C)=O)[C@H]2NC(C)=O)(COCCC(=O)NCCCNC(=O)CCCCO[C@@H]2O[C@H](OC(C)=O)[C@H](OC(C)=O)[C@H](OC(C)=O)[C@H]2NC(C)=O)CC(=O)CCCCCC(C)C)O[C@H](COC(C)=O)[C@H](OC(C)=O)[C@@H]1OC(C)=O. The Morgan fingerprint density at radius 3 is 0.872 bits per heavy atom. The van der Waals surface area contributed by atoms with Crippen molar-refractivity contribution in [2.75, 3.05) is 105 Å². The molecule has 0 saturated carbocycles. The highest BCUT2D eigenvalue weighted by Gasteiger charge is 2.55. The number of esters is 9. The van der Waals surface area contributed by atoms with E-state index >= 15 is 0 Å². The zero-order valence-electron chi connectivity index (χ0n) is 79.0. The van der Waals surface area contributed by atoms with Gasteiger partial charge in [0.25, 0.3) is 0 Å². The second kappa shape index (κ2) is 65.4. The number of nitrogens with one attached hydrogen (secondary N) is 9. The number of hydrogen-bond acceptors (Lipinski definition) is 37. The van der Waals surface area contributed by atoms with Crippen molar-refractivity contribution in [3.8, 4) is 0 Å². The molecule has 0 radical (unpaired) electrons. The first kappa shape index (κ1) is 117. The van der Waals surface area contributed by atoms with Crippen molar-refractivity contribution in [2.24, 2.45) is 11.3 Å². The van der Waals surface area contributed by atoms with Gasteiger partial charge in [-0.2, -0.15) is 0 Å². The fourth-order valence-corrected chi connectivity index (χ4v) is 14.0. The molecule has 0 bridgehead atoms. The van der Waals surface area contributed by atoms with E-state index in [9.17, 15) is 91.1 Å². The summed E-state index contributed by atoms with van der Waals surface area (Å²) in [7, 11) is 0. The number of unbranched alkanes of at least 4 members (excludes halogenated alkanes) is 5. The van der Waals surface area contributed by atoms with Crippen molar-refractivity contribution < 1.29 is 176 Å². The number of hydrogen-bond donors (Lipinski definition) is 9. The van der Waals surface area contributed by atoms with Crippen molar-refractivity contribution in [2.45, 2.75) is 324 Å². The van der Waals surface area contributed by atoms with Crippen molar-refractivity contribution in [3.63, 3.8) is 0 Å². The van der Waals surface area contributed by atoms with Gasteiger partial charge < -0.3 is 133 Å². The first-order valence-electron chi connectivity index (χ1n) is 45.1. The van der Waals surface area contributed by atoms with Crippen LogP contribution in [0.4, 0.5) is 0 Å². The number of carbonyl (C=O) groups excluding carboxylic acids is 19. The van der Waals surface area contributed by atoms with Gasteiger partial charge in [-0.1, -0.05) is 33.1 Å². The molecular formula is C87H141N9O37. The molecule has 133 heavy (non-hydrogen) atoms. The third-order valence-electron chi connectivity index (χ3n) is 19.8. The summed E-state index contributed by atoms with van der Waals surface area (Å²) in [5.41, 5.74) is -1.19. The summed E-state index contributed by atoms with van der Waals surface area (Å²) in [4.78, 5) is 238. The van der Waals surface area contributed by atoms with Crippen molar-refractivity contribution in [3.05, 3.63) is 0 Å². The fraction of sp³-hybridized carbons (Fsp3) is 0.782. The summed E-state index contributed by atoms with van der Waals surface area (Å²) in [5.74, 6) is -10.5. The van der Waals surface area contributed by atoms with Crippen molar-refractivity contribution >= 4 is 113 Å². The topological polar surface area (TPSA) is 599 Å². The maximum Gasteiger partial charge on any atom is 0.305 e. The second-order valence-corrected chi connectivity index (χ2v) is 32.7. The molecule has 3 aliphatic heterocycles. The Labute approximate surface area is 774 Å². The average molecular weight is 1910 g/mol. The molecule has 0 spiro atoms. The molecule has 46 heteroatoms. The Balaban J connectivity index is 1.62. The highest BCUT2D eigenvalue weighted by molar-refractivity contribution is 5.81. The highest BCUT2D eigenvalue weighted by Crippen LogP contribution is 2.33. The molecule has 0 aromatic carbocycles. The summed E-state index contributed by atoms with van der Waals surface area (Å²) in [6, 6.07) is -3.60. The van der Waals surface area contributed by atoms with Crippen LogP contribution in [0.2, 0.25) is 0 Å². The third-order valence-corrected chi connectivity index (χ3v) is 19.8. The smallest absolute Gasteiger partial charge is 0.305 e. The molecule has 15 atom stereocenters. The summed E-state index contributed by atoms with van der Waals surface area (Å²) in [6.45, 7) is 17.6. The van der Waals surface area contributed by atoms with Gasteiger partial charge in [0.05, 0.1) is 39.6 Å².